The van der Waals surface area contributed by atoms with Crippen molar-refractivity contribution < 1.29 is 32.3 Å². The predicted molar refractivity (Wildman–Crippen MR) is 130 cm³/mol. The Morgan fingerprint density at radius 3 is 2.58 bits per heavy atom. The summed E-state index contributed by atoms with van der Waals surface area (Å²) in [7, 11) is 1.90. The topological polar surface area (TPSA) is 112 Å². The number of anilines is 2. The van der Waals surface area contributed by atoms with E-state index in [0.717, 1.165) is 17.2 Å². The average Bonchev–Trinajstić information content (AvgIpc) is 2.87. The number of carbonyl (C=O) groups excluding carboxylic acids is 2. The van der Waals surface area contributed by atoms with Crippen molar-refractivity contribution in [1.29, 1.82) is 0 Å². The highest BCUT2D eigenvalue weighted by molar-refractivity contribution is 6.07. The zero-order chi connectivity index (χ0) is 27.7. The smallest absolute Gasteiger partial charge is 0.264 e. The van der Waals surface area contributed by atoms with Gasteiger partial charge in [-0.05, 0) is 26.0 Å². The van der Waals surface area contributed by atoms with E-state index in [1.54, 1.807) is 4.90 Å². The Morgan fingerprint density at radius 2 is 1.92 bits per heavy atom. The van der Waals surface area contributed by atoms with Crippen LogP contribution in [-0.2, 0) is 0 Å². The average molecular weight is 537 g/mol. The number of hydrogen-bond acceptors (Lipinski definition) is 6. The molecule has 1 fully saturated rings. The minimum Gasteiger partial charge on any atom is -0.530 e. The van der Waals surface area contributed by atoms with Gasteiger partial charge in [-0.3, -0.25) is 9.59 Å². The Hall–Kier alpha value is -3.87. The zero-order valence-electron chi connectivity index (χ0n) is 20.7. The maximum Gasteiger partial charge on any atom is 0.264 e. The van der Waals surface area contributed by atoms with Crippen LogP contribution in [0, 0.1) is 11.6 Å². The lowest BCUT2D eigenvalue weighted by Crippen LogP contribution is -2.50. The third-order valence-electron chi connectivity index (χ3n) is 6.90. The van der Waals surface area contributed by atoms with Crippen molar-refractivity contribution in [2.75, 3.05) is 50.0 Å². The van der Waals surface area contributed by atoms with Gasteiger partial charge in [0.15, 0.2) is 5.82 Å². The minimum absolute atomic E-state index is 0.000382. The summed E-state index contributed by atoms with van der Waals surface area (Å²) in [6.07, 6.45) is -2.16. The summed E-state index contributed by atoms with van der Waals surface area (Å²) in [4.78, 5) is 42.8. The van der Waals surface area contributed by atoms with Gasteiger partial charge in [0.25, 0.3) is 12.3 Å². The molecule has 204 valence electrons. The Labute approximate surface area is 215 Å². The van der Waals surface area contributed by atoms with E-state index >= 15 is 8.78 Å². The first kappa shape index (κ1) is 27.2. The number of pyridine rings is 1. The normalized spacial score (nSPS) is 18.5. The summed E-state index contributed by atoms with van der Waals surface area (Å²) in [6.45, 7) is 2.97. The third kappa shape index (κ3) is 5.37. The van der Waals surface area contributed by atoms with Crippen molar-refractivity contribution in [3.8, 4) is 0 Å². The number of halogens is 4. The van der Waals surface area contributed by atoms with E-state index in [4.69, 9.17) is 0 Å². The quantitative estimate of drug-likeness (QED) is 0.568. The Bertz CT molecular complexity index is 1350. The summed E-state index contributed by atoms with van der Waals surface area (Å²) in [5.74, 6) is -3.27. The molecule has 2 aliphatic rings. The molecular formula is C25H26F4N5O4-. The molecule has 2 amide bonds. The molecule has 1 aromatic carbocycles. The maximum atomic E-state index is 16.1. The van der Waals surface area contributed by atoms with Gasteiger partial charge in [0.2, 0.25) is 5.56 Å². The zero-order valence-corrected chi connectivity index (χ0v) is 20.7. The van der Waals surface area contributed by atoms with Crippen LogP contribution in [0.25, 0.3) is 5.57 Å². The number of H-pyrrole nitrogens is 1. The second-order valence-electron chi connectivity index (χ2n) is 9.34. The summed E-state index contributed by atoms with van der Waals surface area (Å²) < 4.78 is 58.7. The van der Waals surface area contributed by atoms with Crippen molar-refractivity contribution in [3.05, 3.63) is 63.1 Å². The fraction of sp³-hybridized carbons (Fsp3) is 0.400. The molecule has 4 rings (SSSR count). The molecule has 38 heavy (non-hydrogen) atoms. The summed E-state index contributed by atoms with van der Waals surface area (Å²) in [6, 6.07) is 1.63. The molecule has 0 radical (unpaired) electrons. The van der Waals surface area contributed by atoms with E-state index in [9.17, 15) is 28.3 Å². The van der Waals surface area contributed by atoms with Crippen molar-refractivity contribution in [1.82, 2.24) is 14.8 Å². The number of benzene rings is 1. The molecule has 1 saturated heterocycles. The summed E-state index contributed by atoms with van der Waals surface area (Å²) in [5.41, 5.74) is -3.20. The molecule has 9 nitrogen and oxygen atoms in total. The van der Waals surface area contributed by atoms with Gasteiger partial charge in [-0.1, -0.05) is 6.08 Å². The van der Waals surface area contributed by atoms with E-state index < -0.39 is 58.0 Å². The largest absolute Gasteiger partial charge is 0.530 e. The number of aromatic nitrogens is 1. The van der Waals surface area contributed by atoms with Gasteiger partial charge in [0.05, 0.1) is 16.8 Å². The molecule has 2 N–H and O–H groups in total. The number of amides is 2. The molecule has 0 aliphatic carbocycles. The number of piperazine rings is 1. The van der Waals surface area contributed by atoms with Crippen LogP contribution in [0.2, 0.25) is 0 Å². The second kappa shape index (κ2) is 10.9. The van der Waals surface area contributed by atoms with Gasteiger partial charge in [0, 0.05) is 62.7 Å². The molecule has 0 bridgehead atoms. The molecule has 2 aromatic rings. The SMILES string of the molecule is C[C@H]1CN(c2cc(F)c(C3=CCCN(C(=O)[O-])C3)c(F)c2NC(=O)c2c[nH]c(=O)cc2C(F)F)CCN1C. The van der Waals surface area contributed by atoms with Gasteiger partial charge in [-0.15, -0.1) is 0 Å². The van der Waals surface area contributed by atoms with Gasteiger partial charge in [0.1, 0.15) is 17.6 Å². The first-order valence-corrected chi connectivity index (χ1v) is 11.9. The molecule has 1 aromatic heterocycles. The van der Waals surface area contributed by atoms with Crippen LogP contribution >= 0.6 is 0 Å². The van der Waals surface area contributed by atoms with E-state index in [0.29, 0.717) is 25.7 Å². The molecule has 0 unspecified atom stereocenters. The lowest BCUT2D eigenvalue weighted by atomic mass is 9.97. The standard InChI is InChI=1S/C25H27F4N5O4/c1-13-11-33(7-6-32(13)2)18-9-17(26)20(14-4-3-5-34(12-14)25(37)38)21(27)22(18)31-24(36)16-10-30-19(35)8-15(16)23(28)29/h4,8-10,13,23H,3,5-7,11-12H2,1-2H3,(H,30,35)(H,31,36)(H,37,38)/p-1/t13-/m0/s1. The molecule has 3 heterocycles. The van der Waals surface area contributed by atoms with Crippen molar-refractivity contribution in [2.45, 2.75) is 25.8 Å². The molecule has 2 aliphatic heterocycles. The molecular weight excluding hydrogens is 510 g/mol. The summed E-state index contributed by atoms with van der Waals surface area (Å²) >= 11 is 0. The number of aromatic amines is 1. The van der Waals surface area contributed by atoms with Crippen LogP contribution < -0.4 is 20.9 Å². The number of hydrogen-bond donors (Lipinski definition) is 2. The van der Waals surface area contributed by atoms with Gasteiger partial charge >= 0.3 is 0 Å². The molecule has 0 saturated carbocycles. The minimum atomic E-state index is -3.16. The first-order valence-electron chi connectivity index (χ1n) is 11.9. The monoisotopic (exact) mass is 536 g/mol. The van der Waals surface area contributed by atoms with Gasteiger partial charge < -0.3 is 34.9 Å². The molecule has 0 spiro atoms. The van der Waals surface area contributed by atoms with E-state index in [2.05, 4.69) is 10.3 Å². The Morgan fingerprint density at radius 1 is 1.18 bits per heavy atom. The highest BCUT2D eigenvalue weighted by atomic mass is 19.3. The number of nitrogens with zero attached hydrogens (tertiary/aromatic N) is 3. The van der Waals surface area contributed by atoms with Gasteiger partial charge in [-0.25, -0.2) is 17.6 Å². The van der Waals surface area contributed by atoms with Crippen molar-refractivity contribution in [3.63, 3.8) is 0 Å². The summed E-state index contributed by atoms with van der Waals surface area (Å²) in [5, 5.41) is 13.7. The first-order chi connectivity index (χ1) is 18.0. The van der Waals surface area contributed by atoms with Gasteiger partial charge in [-0.2, -0.15) is 0 Å². The van der Waals surface area contributed by atoms with E-state index in [-0.39, 0.29) is 36.8 Å². The highest BCUT2D eigenvalue weighted by Crippen LogP contribution is 2.38. The number of carboxylic acid groups (broad SMARTS) is 1. The van der Waals surface area contributed by atoms with Crippen LogP contribution in [0.4, 0.5) is 33.7 Å². The molecule has 13 heteroatoms. The number of nitrogens with one attached hydrogen (secondary N) is 2. The Balaban J connectivity index is 1.82. The van der Waals surface area contributed by atoms with Crippen molar-refractivity contribution >= 4 is 28.9 Å². The highest BCUT2D eigenvalue weighted by Gasteiger charge is 2.30. The third-order valence-corrected chi connectivity index (χ3v) is 6.90. The second-order valence-corrected chi connectivity index (χ2v) is 9.34. The number of likely N-dealkylation sites (N-methyl/N-ethyl adjacent to an activating group) is 1. The molecule has 1 atom stereocenters. The van der Waals surface area contributed by atoms with Crippen LogP contribution in [0.1, 0.15) is 41.3 Å². The van der Waals surface area contributed by atoms with Crippen LogP contribution in [0.5, 0.6) is 0 Å². The van der Waals surface area contributed by atoms with Crippen molar-refractivity contribution in [2.24, 2.45) is 0 Å². The lowest BCUT2D eigenvalue weighted by molar-refractivity contribution is -0.264. The Kier molecular flexibility index (Phi) is 7.76. The fourth-order valence-electron chi connectivity index (χ4n) is 4.66. The number of alkyl halides is 2. The maximum absolute atomic E-state index is 16.1. The fourth-order valence-corrected chi connectivity index (χ4v) is 4.66. The predicted octanol–water partition coefficient (Wildman–Crippen LogP) is 2.42. The van der Waals surface area contributed by atoms with E-state index in [1.165, 1.54) is 6.08 Å². The van der Waals surface area contributed by atoms with Crippen LogP contribution in [0.3, 0.4) is 0 Å². The number of rotatable bonds is 5. The lowest BCUT2D eigenvalue weighted by Gasteiger charge is -2.40. The van der Waals surface area contributed by atoms with Crippen LogP contribution in [-0.4, -0.2) is 72.6 Å². The van der Waals surface area contributed by atoms with Crippen LogP contribution in [0.15, 0.2) is 29.2 Å². The van der Waals surface area contributed by atoms with E-state index in [1.807, 2.05) is 18.9 Å². The number of carbonyl (C=O) groups is 2.